The highest BCUT2D eigenvalue weighted by Crippen LogP contribution is 2.17. The Morgan fingerprint density at radius 1 is 0.913 bits per heavy atom. The van der Waals surface area contributed by atoms with Crippen LogP contribution in [-0.2, 0) is 14.2 Å². The van der Waals surface area contributed by atoms with E-state index >= 15 is 0 Å². The smallest absolute Gasteiger partial charge is 0.359 e. The second-order valence-electron chi connectivity index (χ2n) is 4.33. The fraction of sp³-hybridized carbons (Fsp3) is 0.267. The van der Waals surface area contributed by atoms with Gasteiger partial charge in [0.15, 0.2) is 11.4 Å². The minimum absolute atomic E-state index is 0.233. The highest BCUT2D eigenvalue weighted by molar-refractivity contribution is 6.02. The van der Waals surface area contributed by atoms with Crippen molar-refractivity contribution >= 4 is 28.9 Å². The molecule has 0 aliphatic rings. The molecule has 0 atom stereocenters. The van der Waals surface area contributed by atoms with E-state index in [0.29, 0.717) is 5.52 Å². The van der Waals surface area contributed by atoms with E-state index in [1.54, 1.807) is 6.92 Å². The van der Waals surface area contributed by atoms with Crippen molar-refractivity contribution in [1.82, 2.24) is 9.97 Å². The van der Waals surface area contributed by atoms with E-state index in [4.69, 9.17) is 4.74 Å². The molecule has 2 aromatic rings. The van der Waals surface area contributed by atoms with Gasteiger partial charge in [0, 0.05) is 0 Å². The van der Waals surface area contributed by atoms with Gasteiger partial charge in [-0.15, -0.1) is 0 Å². The molecule has 23 heavy (non-hydrogen) atoms. The Hall–Kier alpha value is -3.03. The van der Waals surface area contributed by atoms with Crippen molar-refractivity contribution < 1.29 is 28.6 Å². The maximum atomic E-state index is 11.8. The van der Waals surface area contributed by atoms with E-state index in [1.165, 1.54) is 25.3 Å². The lowest BCUT2D eigenvalue weighted by Crippen LogP contribution is -2.16. The first-order valence-corrected chi connectivity index (χ1v) is 6.67. The van der Waals surface area contributed by atoms with Crippen LogP contribution in [-0.4, -0.2) is 48.7 Å². The van der Waals surface area contributed by atoms with Crippen molar-refractivity contribution in [2.75, 3.05) is 20.8 Å². The molecule has 0 spiro atoms. The molecule has 0 aliphatic heterocycles. The molecule has 120 valence electrons. The van der Waals surface area contributed by atoms with Crippen LogP contribution < -0.4 is 0 Å². The molecule has 0 bridgehead atoms. The van der Waals surface area contributed by atoms with Crippen molar-refractivity contribution in [2.24, 2.45) is 0 Å². The zero-order valence-corrected chi connectivity index (χ0v) is 12.8. The zero-order valence-electron chi connectivity index (χ0n) is 12.8. The van der Waals surface area contributed by atoms with Gasteiger partial charge in [-0.2, -0.15) is 0 Å². The van der Waals surface area contributed by atoms with Crippen LogP contribution in [0.3, 0.4) is 0 Å². The summed E-state index contributed by atoms with van der Waals surface area (Å²) in [6.45, 7) is 1.92. The Labute approximate surface area is 131 Å². The topological polar surface area (TPSA) is 105 Å². The third-order valence-corrected chi connectivity index (χ3v) is 2.93. The maximum absolute atomic E-state index is 11.8. The number of carbonyl (C=O) groups excluding carboxylic acids is 3. The van der Waals surface area contributed by atoms with Gasteiger partial charge >= 0.3 is 17.9 Å². The number of esters is 3. The third-order valence-electron chi connectivity index (χ3n) is 2.93. The van der Waals surface area contributed by atoms with Crippen LogP contribution in [0.2, 0.25) is 0 Å². The summed E-state index contributed by atoms with van der Waals surface area (Å²) in [5, 5.41) is 0. The normalized spacial score (nSPS) is 10.2. The lowest BCUT2D eigenvalue weighted by Gasteiger charge is -2.08. The number of carbonyl (C=O) groups is 3. The van der Waals surface area contributed by atoms with Gasteiger partial charge in [-0.05, 0) is 25.1 Å². The average Bonchev–Trinajstić information content (AvgIpc) is 2.58. The highest BCUT2D eigenvalue weighted by Gasteiger charge is 2.23. The van der Waals surface area contributed by atoms with Gasteiger partial charge in [-0.1, -0.05) is 0 Å². The number of fused-ring (bicyclic) bond motifs is 1. The number of hydrogen-bond donors (Lipinski definition) is 0. The molecule has 0 N–H and O–H groups in total. The van der Waals surface area contributed by atoms with Crippen LogP contribution in [0, 0.1) is 0 Å². The SMILES string of the molecule is CCOC(=O)c1ccc2nc(C(=O)OC)c(C(=O)OC)nc2c1. The van der Waals surface area contributed by atoms with Crippen molar-refractivity contribution in [3.05, 3.63) is 35.2 Å². The zero-order chi connectivity index (χ0) is 17.0. The fourth-order valence-corrected chi connectivity index (χ4v) is 1.87. The Morgan fingerprint density at radius 2 is 1.48 bits per heavy atom. The number of nitrogens with zero attached hydrogens (tertiary/aromatic N) is 2. The van der Waals surface area contributed by atoms with E-state index in [2.05, 4.69) is 19.4 Å². The molecule has 0 saturated carbocycles. The number of hydrogen-bond acceptors (Lipinski definition) is 8. The van der Waals surface area contributed by atoms with Gasteiger partial charge in [0.1, 0.15) is 0 Å². The second-order valence-corrected chi connectivity index (χ2v) is 4.33. The van der Waals surface area contributed by atoms with Crippen LogP contribution in [0.1, 0.15) is 38.3 Å². The van der Waals surface area contributed by atoms with Gasteiger partial charge in [0.2, 0.25) is 0 Å². The summed E-state index contributed by atoms with van der Waals surface area (Å²) in [6, 6.07) is 4.42. The summed E-state index contributed by atoms with van der Waals surface area (Å²) in [5.74, 6) is -2.16. The Balaban J connectivity index is 2.62. The molecule has 0 aliphatic carbocycles. The van der Waals surface area contributed by atoms with Crippen molar-refractivity contribution in [2.45, 2.75) is 6.92 Å². The molecule has 8 nitrogen and oxygen atoms in total. The number of aromatic nitrogens is 2. The fourth-order valence-electron chi connectivity index (χ4n) is 1.87. The van der Waals surface area contributed by atoms with E-state index in [-0.39, 0.29) is 29.1 Å². The average molecular weight is 318 g/mol. The van der Waals surface area contributed by atoms with E-state index in [1.807, 2.05) is 0 Å². The van der Waals surface area contributed by atoms with Crippen molar-refractivity contribution in [3.63, 3.8) is 0 Å². The lowest BCUT2D eigenvalue weighted by molar-refractivity contribution is 0.0525. The van der Waals surface area contributed by atoms with Crippen LogP contribution >= 0.6 is 0 Å². The molecule has 0 fully saturated rings. The first kappa shape index (κ1) is 16.3. The summed E-state index contributed by atoms with van der Waals surface area (Å²) in [5.41, 5.74) is 0.300. The number of ether oxygens (including phenoxy) is 3. The monoisotopic (exact) mass is 318 g/mol. The molecular formula is C15H14N2O6. The highest BCUT2D eigenvalue weighted by atomic mass is 16.5. The molecule has 0 saturated heterocycles. The second kappa shape index (κ2) is 6.82. The first-order valence-electron chi connectivity index (χ1n) is 6.67. The van der Waals surface area contributed by atoms with Crippen LogP contribution in [0.15, 0.2) is 18.2 Å². The van der Waals surface area contributed by atoms with E-state index < -0.39 is 17.9 Å². The summed E-state index contributed by atoms with van der Waals surface area (Å²) in [6.07, 6.45) is 0. The molecule has 2 rings (SSSR count). The molecule has 0 amide bonds. The van der Waals surface area contributed by atoms with Gasteiger partial charge in [-0.3, -0.25) is 0 Å². The Kier molecular flexibility index (Phi) is 4.85. The predicted octanol–water partition coefficient (Wildman–Crippen LogP) is 1.38. The molecule has 1 heterocycles. The predicted molar refractivity (Wildman–Crippen MR) is 78.2 cm³/mol. The molecule has 0 unspecified atom stereocenters. The summed E-state index contributed by atoms with van der Waals surface area (Å²) in [4.78, 5) is 43.4. The Bertz CT molecular complexity index is 787. The Morgan fingerprint density at radius 3 is 2.00 bits per heavy atom. The standard InChI is InChI=1S/C15H14N2O6/c1-4-23-13(18)8-5-6-9-10(7-8)17-12(15(20)22-3)11(16-9)14(19)21-2/h5-7H,4H2,1-3H3. The summed E-state index contributed by atoms with van der Waals surface area (Å²) < 4.78 is 14.1. The lowest BCUT2D eigenvalue weighted by atomic mass is 10.1. The van der Waals surface area contributed by atoms with Crippen LogP contribution in [0.4, 0.5) is 0 Å². The molecule has 0 radical (unpaired) electrons. The molecular weight excluding hydrogens is 304 g/mol. The largest absolute Gasteiger partial charge is 0.464 e. The summed E-state index contributed by atoms with van der Waals surface area (Å²) in [7, 11) is 2.32. The number of benzene rings is 1. The summed E-state index contributed by atoms with van der Waals surface area (Å²) >= 11 is 0. The van der Waals surface area contributed by atoms with Crippen LogP contribution in [0.5, 0.6) is 0 Å². The quantitative estimate of drug-likeness (QED) is 0.615. The van der Waals surface area contributed by atoms with Crippen molar-refractivity contribution in [1.29, 1.82) is 0 Å². The van der Waals surface area contributed by atoms with Gasteiger partial charge < -0.3 is 14.2 Å². The van der Waals surface area contributed by atoms with E-state index in [9.17, 15) is 14.4 Å². The minimum Gasteiger partial charge on any atom is -0.464 e. The van der Waals surface area contributed by atoms with Crippen LogP contribution in [0.25, 0.3) is 11.0 Å². The van der Waals surface area contributed by atoms with Gasteiger partial charge in [0.05, 0.1) is 37.4 Å². The molecule has 1 aromatic carbocycles. The molecule has 1 aromatic heterocycles. The first-order chi connectivity index (χ1) is 11.0. The molecule has 8 heteroatoms. The number of methoxy groups -OCH3 is 2. The van der Waals surface area contributed by atoms with E-state index in [0.717, 1.165) is 7.11 Å². The maximum Gasteiger partial charge on any atom is 0.359 e. The van der Waals surface area contributed by atoms with Gasteiger partial charge in [0.25, 0.3) is 0 Å². The van der Waals surface area contributed by atoms with Gasteiger partial charge in [-0.25, -0.2) is 24.4 Å². The third kappa shape index (κ3) is 3.25. The number of rotatable bonds is 4. The van der Waals surface area contributed by atoms with Crippen molar-refractivity contribution in [3.8, 4) is 0 Å². The minimum atomic E-state index is -0.832.